The predicted octanol–water partition coefficient (Wildman–Crippen LogP) is 1.99. The minimum absolute atomic E-state index is 0.112. The highest BCUT2D eigenvalue weighted by molar-refractivity contribution is 9.11. The second-order valence-corrected chi connectivity index (χ2v) is 7.57. The summed E-state index contributed by atoms with van der Waals surface area (Å²) in [5.41, 5.74) is 5.97. The SMILES string of the molecule is CN1CCC(NC(=O)c2csc(Br)c2)(C(N)=S)CC1. The molecule has 0 unspecified atom stereocenters. The van der Waals surface area contributed by atoms with Crippen molar-refractivity contribution < 1.29 is 4.79 Å². The Morgan fingerprint density at radius 1 is 1.58 bits per heavy atom. The number of nitrogens with two attached hydrogens (primary N) is 1. The smallest absolute Gasteiger partial charge is 0.252 e. The van der Waals surface area contributed by atoms with E-state index in [9.17, 15) is 4.79 Å². The van der Waals surface area contributed by atoms with Crippen molar-refractivity contribution in [3.05, 3.63) is 20.8 Å². The number of carbonyl (C=O) groups excluding carboxylic acids is 1. The monoisotopic (exact) mass is 361 g/mol. The van der Waals surface area contributed by atoms with Crippen LogP contribution in [0, 0.1) is 0 Å². The average Bonchev–Trinajstić information content (AvgIpc) is 2.79. The lowest BCUT2D eigenvalue weighted by Gasteiger charge is -2.40. The lowest BCUT2D eigenvalue weighted by atomic mass is 9.87. The Morgan fingerprint density at radius 2 is 2.21 bits per heavy atom. The molecule has 104 valence electrons. The fourth-order valence-electron chi connectivity index (χ4n) is 2.15. The first-order valence-corrected chi connectivity index (χ1v) is 8.06. The Balaban J connectivity index is 2.13. The van der Waals surface area contributed by atoms with Gasteiger partial charge in [-0.1, -0.05) is 12.2 Å². The van der Waals surface area contributed by atoms with Crippen LogP contribution in [-0.4, -0.2) is 41.5 Å². The van der Waals surface area contributed by atoms with E-state index in [1.54, 1.807) is 0 Å². The van der Waals surface area contributed by atoms with Gasteiger partial charge in [-0.2, -0.15) is 0 Å². The first-order chi connectivity index (χ1) is 8.93. The third-order valence-corrected chi connectivity index (χ3v) is 5.39. The third kappa shape index (κ3) is 3.34. The molecular weight excluding hydrogens is 346 g/mol. The van der Waals surface area contributed by atoms with E-state index in [-0.39, 0.29) is 5.91 Å². The third-order valence-electron chi connectivity index (χ3n) is 3.49. The van der Waals surface area contributed by atoms with Gasteiger partial charge in [-0.15, -0.1) is 11.3 Å². The number of nitrogens with zero attached hydrogens (tertiary/aromatic N) is 1. The molecule has 1 aromatic rings. The molecular formula is C12H16BrN3OS2. The van der Waals surface area contributed by atoms with Crippen LogP contribution in [0.2, 0.25) is 0 Å². The van der Waals surface area contributed by atoms with Crippen LogP contribution in [0.3, 0.4) is 0 Å². The summed E-state index contributed by atoms with van der Waals surface area (Å²) in [6, 6.07) is 1.81. The Bertz CT molecular complexity index is 495. The van der Waals surface area contributed by atoms with Crippen LogP contribution in [0.4, 0.5) is 0 Å². The van der Waals surface area contributed by atoms with Gasteiger partial charge in [-0.3, -0.25) is 4.79 Å². The molecule has 2 rings (SSSR count). The van der Waals surface area contributed by atoms with E-state index in [0.29, 0.717) is 10.6 Å². The van der Waals surface area contributed by atoms with E-state index >= 15 is 0 Å². The maximum absolute atomic E-state index is 12.3. The van der Waals surface area contributed by atoms with E-state index in [1.807, 2.05) is 11.4 Å². The van der Waals surface area contributed by atoms with Gasteiger partial charge in [0.1, 0.15) is 0 Å². The minimum atomic E-state index is -0.548. The topological polar surface area (TPSA) is 58.4 Å². The van der Waals surface area contributed by atoms with Gasteiger partial charge in [0.25, 0.3) is 5.91 Å². The zero-order valence-electron chi connectivity index (χ0n) is 10.6. The quantitative estimate of drug-likeness (QED) is 0.808. The Labute approximate surface area is 130 Å². The number of halogens is 1. The number of nitrogens with one attached hydrogen (secondary N) is 1. The average molecular weight is 362 g/mol. The van der Waals surface area contributed by atoms with Gasteiger partial charge in [-0.05, 0) is 41.9 Å². The van der Waals surface area contributed by atoms with Crippen molar-refractivity contribution in [1.82, 2.24) is 10.2 Å². The molecule has 2 heterocycles. The first-order valence-electron chi connectivity index (χ1n) is 5.98. The van der Waals surface area contributed by atoms with Gasteiger partial charge in [0.05, 0.1) is 19.9 Å². The largest absolute Gasteiger partial charge is 0.391 e. The van der Waals surface area contributed by atoms with Crippen molar-refractivity contribution in [2.75, 3.05) is 20.1 Å². The van der Waals surface area contributed by atoms with E-state index in [4.69, 9.17) is 18.0 Å². The first kappa shape index (κ1) is 14.9. The normalized spacial score (nSPS) is 19.1. The van der Waals surface area contributed by atoms with Gasteiger partial charge in [0, 0.05) is 18.5 Å². The maximum atomic E-state index is 12.3. The molecule has 0 aliphatic carbocycles. The molecule has 1 fully saturated rings. The van der Waals surface area contributed by atoms with Crippen LogP contribution < -0.4 is 11.1 Å². The molecule has 0 radical (unpaired) electrons. The van der Waals surface area contributed by atoms with Gasteiger partial charge < -0.3 is 16.0 Å². The fourth-order valence-corrected chi connectivity index (χ4v) is 3.54. The summed E-state index contributed by atoms with van der Waals surface area (Å²) in [6.45, 7) is 1.76. The van der Waals surface area contributed by atoms with Crippen LogP contribution in [-0.2, 0) is 0 Å². The standard InChI is InChI=1S/C12H16BrN3OS2/c1-16-4-2-12(3-5-16,11(14)18)15-10(17)8-6-9(13)19-7-8/h6-7H,2-5H2,1H3,(H2,14,18)(H,15,17). The van der Waals surface area contributed by atoms with Crippen LogP contribution in [0.25, 0.3) is 0 Å². The predicted molar refractivity (Wildman–Crippen MR) is 85.7 cm³/mol. The van der Waals surface area contributed by atoms with E-state index in [0.717, 1.165) is 29.7 Å². The number of thiocarbonyl (C=S) groups is 1. The number of rotatable bonds is 3. The molecule has 1 aromatic heterocycles. The van der Waals surface area contributed by atoms with Crippen molar-refractivity contribution in [3.63, 3.8) is 0 Å². The Kier molecular flexibility index (Phi) is 4.60. The van der Waals surface area contributed by atoms with Crippen LogP contribution in [0.5, 0.6) is 0 Å². The highest BCUT2D eigenvalue weighted by Gasteiger charge is 2.38. The van der Waals surface area contributed by atoms with Gasteiger partial charge in [0.2, 0.25) is 0 Å². The molecule has 1 aliphatic heterocycles. The van der Waals surface area contributed by atoms with Gasteiger partial charge in [-0.25, -0.2) is 0 Å². The second kappa shape index (κ2) is 5.87. The zero-order valence-corrected chi connectivity index (χ0v) is 13.8. The molecule has 19 heavy (non-hydrogen) atoms. The van der Waals surface area contributed by atoms with E-state index in [1.165, 1.54) is 11.3 Å². The number of carbonyl (C=O) groups is 1. The fraction of sp³-hybridized carbons (Fsp3) is 0.500. The number of hydrogen-bond donors (Lipinski definition) is 2. The van der Waals surface area contributed by atoms with E-state index < -0.39 is 5.54 Å². The summed E-state index contributed by atoms with van der Waals surface area (Å²) in [6.07, 6.45) is 1.52. The lowest BCUT2D eigenvalue weighted by molar-refractivity contribution is 0.0890. The Hall–Kier alpha value is -0.500. The molecule has 0 saturated carbocycles. The van der Waals surface area contributed by atoms with Crippen LogP contribution in [0.1, 0.15) is 23.2 Å². The number of thiophene rings is 1. The highest BCUT2D eigenvalue weighted by atomic mass is 79.9. The van der Waals surface area contributed by atoms with Crippen LogP contribution in [0.15, 0.2) is 15.2 Å². The summed E-state index contributed by atoms with van der Waals surface area (Å²) in [5, 5.41) is 4.86. The summed E-state index contributed by atoms with van der Waals surface area (Å²) in [4.78, 5) is 14.9. The van der Waals surface area contributed by atoms with Crippen molar-refractivity contribution in [2.24, 2.45) is 5.73 Å². The molecule has 0 spiro atoms. The molecule has 0 atom stereocenters. The molecule has 3 N–H and O–H groups in total. The molecule has 0 aromatic carbocycles. The molecule has 1 aliphatic rings. The number of piperidine rings is 1. The molecule has 4 nitrogen and oxygen atoms in total. The van der Waals surface area contributed by atoms with E-state index in [2.05, 4.69) is 33.2 Å². The summed E-state index contributed by atoms with van der Waals surface area (Å²) >= 11 is 10.0. The molecule has 0 bridgehead atoms. The number of amides is 1. The summed E-state index contributed by atoms with van der Waals surface area (Å²) < 4.78 is 0.936. The Morgan fingerprint density at radius 3 is 2.68 bits per heavy atom. The number of likely N-dealkylation sites (tertiary alicyclic amines) is 1. The summed E-state index contributed by atoms with van der Waals surface area (Å²) in [7, 11) is 2.06. The lowest BCUT2D eigenvalue weighted by Crippen LogP contribution is -2.61. The van der Waals surface area contributed by atoms with Crippen molar-refractivity contribution in [2.45, 2.75) is 18.4 Å². The van der Waals surface area contributed by atoms with Gasteiger partial charge >= 0.3 is 0 Å². The minimum Gasteiger partial charge on any atom is -0.391 e. The van der Waals surface area contributed by atoms with Crippen LogP contribution >= 0.6 is 39.5 Å². The molecule has 1 amide bonds. The second-order valence-electron chi connectivity index (χ2n) is 4.84. The zero-order chi connectivity index (χ0) is 14.0. The van der Waals surface area contributed by atoms with Crippen molar-refractivity contribution in [1.29, 1.82) is 0 Å². The maximum Gasteiger partial charge on any atom is 0.252 e. The summed E-state index contributed by atoms with van der Waals surface area (Å²) in [5.74, 6) is -0.112. The van der Waals surface area contributed by atoms with Crippen molar-refractivity contribution >= 4 is 50.4 Å². The van der Waals surface area contributed by atoms with Crippen molar-refractivity contribution in [3.8, 4) is 0 Å². The highest BCUT2D eigenvalue weighted by Crippen LogP contribution is 2.25. The van der Waals surface area contributed by atoms with Gasteiger partial charge in [0.15, 0.2) is 0 Å². The molecule has 1 saturated heterocycles. The number of hydrogen-bond acceptors (Lipinski definition) is 4. The molecule has 7 heteroatoms.